The minimum Gasteiger partial charge on any atom is -0.460 e. The molecule has 1 aromatic carbocycles. The maximum absolute atomic E-state index is 12.8. The van der Waals surface area contributed by atoms with Crippen LogP contribution >= 0.6 is 0 Å². The molecule has 1 aromatic rings. The van der Waals surface area contributed by atoms with E-state index in [2.05, 4.69) is 0 Å². The van der Waals surface area contributed by atoms with Crippen molar-refractivity contribution in [3.05, 3.63) is 35.9 Å². The van der Waals surface area contributed by atoms with Gasteiger partial charge in [-0.2, -0.15) is 0 Å². The Morgan fingerprint density at radius 3 is 2.52 bits per heavy atom. The molecule has 1 amide bonds. The van der Waals surface area contributed by atoms with E-state index in [9.17, 15) is 14.4 Å². The van der Waals surface area contributed by atoms with Crippen LogP contribution < -0.4 is 0 Å². The van der Waals surface area contributed by atoms with Crippen LogP contribution in [-0.4, -0.2) is 59.4 Å². The van der Waals surface area contributed by atoms with Gasteiger partial charge < -0.3 is 14.4 Å². The van der Waals surface area contributed by atoms with Crippen LogP contribution in [0.3, 0.4) is 0 Å². The minimum atomic E-state index is -0.615. The van der Waals surface area contributed by atoms with E-state index in [0.29, 0.717) is 26.1 Å². The summed E-state index contributed by atoms with van der Waals surface area (Å²) in [7, 11) is 0. The fourth-order valence-corrected chi connectivity index (χ4v) is 3.13. The molecule has 2 rings (SSSR count). The van der Waals surface area contributed by atoms with E-state index in [-0.39, 0.29) is 18.3 Å². The minimum absolute atomic E-state index is 0.0970. The Balaban J connectivity index is 2.00. The third-order valence-corrected chi connectivity index (χ3v) is 4.37. The Hall–Kier alpha value is -2.41. The molecule has 0 aliphatic carbocycles. The van der Waals surface area contributed by atoms with Crippen molar-refractivity contribution in [3.63, 3.8) is 0 Å². The molecular formula is C20H28N2O5. The summed E-state index contributed by atoms with van der Waals surface area (Å²) < 4.78 is 10.6. The summed E-state index contributed by atoms with van der Waals surface area (Å²) in [5.41, 5.74) is 0.272. The van der Waals surface area contributed by atoms with Crippen molar-refractivity contribution in [1.29, 1.82) is 0 Å². The van der Waals surface area contributed by atoms with Crippen molar-refractivity contribution in [3.8, 4) is 0 Å². The fourth-order valence-electron chi connectivity index (χ4n) is 3.13. The van der Waals surface area contributed by atoms with E-state index in [1.165, 1.54) is 0 Å². The zero-order chi connectivity index (χ0) is 20.0. The average molecular weight is 376 g/mol. The van der Waals surface area contributed by atoms with E-state index in [0.717, 1.165) is 5.56 Å². The number of esters is 1. The lowest BCUT2D eigenvalue weighted by molar-refractivity contribution is -0.163. The van der Waals surface area contributed by atoms with E-state index >= 15 is 0 Å². The summed E-state index contributed by atoms with van der Waals surface area (Å²) in [6.07, 6.45) is -0.460. The van der Waals surface area contributed by atoms with Crippen molar-refractivity contribution in [2.75, 3.05) is 19.6 Å². The van der Waals surface area contributed by atoms with Gasteiger partial charge in [-0.25, -0.2) is 0 Å². The first-order valence-electron chi connectivity index (χ1n) is 9.13. The van der Waals surface area contributed by atoms with Gasteiger partial charge in [-0.3, -0.25) is 19.3 Å². The van der Waals surface area contributed by atoms with Crippen molar-refractivity contribution < 1.29 is 23.9 Å². The summed E-state index contributed by atoms with van der Waals surface area (Å²) in [6.45, 7) is 8.94. The summed E-state index contributed by atoms with van der Waals surface area (Å²) in [6, 6.07) is 8.85. The monoisotopic (exact) mass is 376 g/mol. The molecule has 2 unspecified atom stereocenters. The molecule has 7 heteroatoms. The van der Waals surface area contributed by atoms with Crippen LogP contribution in [0.1, 0.15) is 45.9 Å². The second-order valence-electron chi connectivity index (χ2n) is 7.57. The molecule has 27 heavy (non-hydrogen) atoms. The number of carbonyl (C=O) groups excluding carboxylic acids is 3. The van der Waals surface area contributed by atoms with Crippen molar-refractivity contribution in [2.24, 2.45) is 0 Å². The smallest absolute Gasteiger partial charge is 0.308 e. The highest BCUT2D eigenvalue weighted by Gasteiger charge is 2.37. The molecule has 0 radical (unpaired) electrons. The number of hydrogen-bond acceptors (Lipinski definition) is 6. The summed E-state index contributed by atoms with van der Waals surface area (Å²) in [5, 5.41) is 0. The summed E-state index contributed by atoms with van der Waals surface area (Å²) >= 11 is 0. The van der Waals surface area contributed by atoms with Crippen LogP contribution in [0.2, 0.25) is 0 Å². The molecule has 0 spiro atoms. The molecule has 1 saturated heterocycles. The van der Waals surface area contributed by atoms with Crippen LogP contribution in [-0.2, 0) is 23.9 Å². The Morgan fingerprint density at radius 1 is 1.26 bits per heavy atom. The SMILES string of the molecule is CC1C(=O)N(CCC(=O)OC(C)(C)C)CCN1C(OC=O)c1ccccc1. The van der Waals surface area contributed by atoms with Crippen LogP contribution in [0.15, 0.2) is 30.3 Å². The van der Waals surface area contributed by atoms with E-state index in [1.807, 2.05) is 56.0 Å². The largest absolute Gasteiger partial charge is 0.460 e. The molecule has 148 valence electrons. The molecule has 7 nitrogen and oxygen atoms in total. The molecule has 0 saturated carbocycles. The van der Waals surface area contributed by atoms with E-state index < -0.39 is 17.9 Å². The average Bonchev–Trinajstić information content (AvgIpc) is 2.61. The summed E-state index contributed by atoms with van der Waals surface area (Å²) in [4.78, 5) is 39.2. The fraction of sp³-hybridized carbons (Fsp3) is 0.550. The number of amides is 1. The normalized spacial score (nSPS) is 19.5. The van der Waals surface area contributed by atoms with Gasteiger partial charge in [0.05, 0.1) is 12.5 Å². The van der Waals surface area contributed by atoms with Crippen LogP contribution in [0.4, 0.5) is 0 Å². The zero-order valence-electron chi connectivity index (χ0n) is 16.4. The molecule has 0 bridgehead atoms. The molecule has 1 fully saturated rings. The summed E-state index contributed by atoms with van der Waals surface area (Å²) in [5.74, 6) is -0.419. The number of piperazine rings is 1. The first kappa shape index (κ1) is 20.9. The first-order valence-corrected chi connectivity index (χ1v) is 9.13. The molecule has 1 aliphatic rings. The van der Waals surface area contributed by atoms with Gasteiger partial charge in [0, 0.05) is 25.2 Å². The first-order chi connectivity index (χ1) is 12.7. The molecule has 2 atom stereocenters. The van der Waals surface area contributed by atoms with Gasteiger partial charge >= 0.3 is 5.97 Å². The zero-order valence-corrected chi connectivity index (χ0v) is 16.4. The lowest BCUT2D eigenvalue weighted by atomic mass is 10.1. The highest BCUT2D eigenvalue weighted by Crippen LogP contribution is 2.26. The lowest BCUT2D eigenvalue weighted by Crippen LogP contribution is -2.57. The van der Waals surface area contributed by atoms with Crippen molar-refractivity contribution in [2.45, 2.75) is 52.0 Å². The predicted molar refractivity (Wildman–Crippen MR) is 99.5 cm³/mol. The quantitative estimate of drug-likeness (QED) is 0.536. The molecule has 1 aliphatic heterocycles. The maximum Gasteiger partial charge on any atom is 0.308 e. The second-order valence-corrected chi connectivity index (χ2v) is 7.57. The van der Waals surface area contributed by atoms with Gasteiger partial charge in [0.25, 0.3) is 6.47 Å². The third kappa shape index (κ3) is 5.79. The molecule has 0 N–H and O–H groups in total. The number of carbonyl (C=O) groups is 3. The Kier molecular flexibility index (Phi) is 6.96. The van der Waals surface area contributed by atoms with E-state index in [1.54, 1.807) is 11.8 Å². The van der Waals surface area contributed by atoms with Gasteiger partial charge in [0.2, 0.25) is 5.91 Å². The highest BCUT2D eigenvalue weighted by atomic mass is 16.6. The van der Waals surface area contributed by atoms with Gasteiger partial charge in [-0.05, 0) is 27.7 Å². The number of rotatable bonds is 7. The van der Waals surface area contributed by atoms with E-state index in [4.69, 9.17) is 9.47 Å². The van der Waals surface area contributed by atoms with Crippen molar-refractivity contribution in [1.82, 2.24) is 9.80 Å². The van der Waals surface area contributed by atoms with Crippen LogP contribution in [0.25, 0.3) is 0 Å². The highest BCUT2D eigenvalue weighted by molar-refractivity contribution is 5.83. The van der Waals surface area contributed by atoms with Crippen LogP contribution in [0.5, 0.6) is 0 Å². The Morgan fingerprint density at radius 2 is 1.93 bits per heavy atom. The number of ether oxygens (including phenoxy) is 2. The second kappa shape index (κ2) is 8.99. The standard InChI is InChI=1S/C20H28N2O5/c1-15-18(25)21(11-10-17(24)27-20(2,3)4)12-13-22(15)19(26-14-23)16-8-6-5-7-9-16/h5-9,14-15,19H,10-13H2,1-4H3. The maximum atomic E-state index is 12.8. The van der Waals surface area contributed by atoms with Gasteiger partial charge in [-0.1, -0.05) is 30.3 Å². The van der Waals surface area contributed by atoms with Crippen molar-refractivity contribution >= 4 is 18.3 Å². The van der Waals surface area contributed by atoms with Gasteiger partial charge in [0.15, 0.2) is 6.23 Å². The number of benzene rings is 1. The number of hydrogen-bond donors (Lipinski definition) is 0. The Labute approximate surface area is 160 Å². The van der Waals surface area contributed by atoms with Gasteiger partial charge in [-0.15, -0.1) is 0 Å². The molecular weight excluding hydrogens is 348 g/mol. The topological polar surface area (TPSA) is 76.2 Å². The number of nitrogens with zero attached hydrogens (tertiary/aromatic N) is 2. The Bertz CT molecular complexity index is 656. The lowest BCUT2D eigenvalue weighted by Gasteiger charge is -2.42. The predicted octanol–water partition coefficient (Wildman–Crippen LogP) is 2.12. The third-order valence-electron chi connectivity index (χ3n) is 4.37. The molecule has 1 heterocycles. The van der Waals surface area contributed by atoms with Crippen LogP contribution in [0, 0.1) is 0 Å². The molecule has 0 aromatic heterocycles. The van der Waals surface area contributed by atoms with Gasteiger partial charge in [0.1, 0.15) is 5.60 Å².